The number of aromatic hydroxyl groups is 1. The third-order valence-electron chi connectivity index (χ3n) is 1.77. The molecule has 0 aromatic heterocycles. The van der Waals surface area contributed by atoms with Crippen molar-refractivity contribution in [2.75, 3.05) is 0 Å². The van der Waals surface area contributed by atoms with Gasteiger partial charge in [-0.15, -0.1) is 23.2 Å². The molecule has 1 rings (SSSR count). The summed E-state index contributed by atoms with van der Waals surface area (Å²) in [7, 11) is 0. The van der Waals surface area contributed by atoms with Crippen LogP contribution in [0, 0.1) is 0 Å². The zero-order valence-electron chi connectivity index (χ0n) is 7.11. The van der Waals surface area contributed by atoms with E-state index in [0.717, 1.165) is 5.56 Å². The van der Waals surface area contributed by atoms with Gasteiger partial charge >= 0.3 is 0 Å². The zero-order valence-corrected chi connectivity index (χ0v) is 10.1. The molecule has 0 amide bonds. The van der Waals surface area contributed by atoms with Gasteiger partial charge in [0.25, 0.3) is 0 Å². The highest BCUT2D eigenvalue weighted by Gasteiger charge is 2.10. The van der Waals surface area contributed by atoms with Crippen LogP contribution in [0.5, 0.6) is 5.75 Å². The minimum atomic E-state index is -0.418. The van der Waals surface area contributed by atoms with Gasteiger partial charge in [-0.05, 0) is 24.5 Å². The Hall–Kier alpha value is 0.180. The number of phenols is 1. The molecule has 78 valence electrons. The van der Waals surface area contributed by atoms with Crippen molar-refractivity contribution < 1.29 is 5.11 Å². The molecule has 1 nitrogen and oxygen atoms in total. The van der Waals surface area contributed by atoms with Gasteiger partial charge in [-0.3, -0.25) is 0 Å². The Labute approximate surface area is 103 Å². The fraction of sp³-hybridized carbons (Fsp3) is 0.333. The smallest absolute Gasteiger partial charge is 0.135 e. The van der Waals surface area contributed by atoms with Gasteiger partial charge in [-0.25, -0.2) is 0 Å². The van der Waals surface area contributed by atoms with E-state index in [9.17, 15) is 5.11 Å². The van der Waals surface area contributed by atoms with Crippen molar-refractivity contribution >= 4 is 46.4 Å². The van der Waals surface area contributed by atoms with Gasteiger partial charge in [0.15, 0.2) is 0 Å². The third-order valence-corrected chi connectivity index (χ3v) is 3.12. The van der Waals surface area contributed by atoms with Crippen LogP contribution in [0.1, 0.15) is 12.0 Å². The van der Waals surface area contributed by atoms with Gasteiger partial charge in [0.05, 0.1) is 5.02 Å². The predicted molar refractivity (Wildman–Crippen MR) is 61.9 cm³/mol. The lowest BCUT2D eigenvalue weighted by molar-refractivity contribution is 0.475. The first-order chi connectivity index (χ1) is 6.52. The third kappa shape index (κ3) is 3.09. The number of rotatable bonds is 3. The highest BCUT2D eigenvalue weighted by atomic mass is 35.5. The molecule has 14 heavy (non-hydrogen) atoms. The summed E-state index contributed by atoms with van der Waals surface area (Å²) in [6.45, 7) is 0. The van der Waals surface area contributed by atoms with Crippen LogP contribution in [0.3, 0.4) is 0 Å². The van der Waals surface area contributed by atoms with Crippen LogP contribution in [0.25, 0.3) is 0 Å². The monoisotopic (exact) mass is 272 g/mol. The molecule has 0 aliphatic carbocycles. The van der Waals surface area contributed by atoms with E-state index >= 15 is 0 Å². The van der Waals surface area contributed by atoms with Gasteiger partial charge in [-0.2, -0.15) is 0 Å². The first kappa shape index (κ1) is 12.3. The summed E-state index contributed by atoms with van der Waals surface area (Å²) >= 11 is 22.8. The first-order valence-corrected chi connectivity index (χ1v) is 5.59. The van der Waals surface area contributed by atoms with E-state index in [4.69, 9.17) is 46.4 Å². The second-order valence-corrected chi connectivity index (χ2v) is 4.83. The van der Waals surface area contributed by atoms with E-state index in [1.165, 1.54) is 6.07 Å². The largest absolute Gasteiger partial charge is 0.506 e. The van der Waals surface area contributed by atoms with E-state index in [1.54, 1.807) is 6.07 Å². The molecule has 0 saturated carbocycles. The number of hydrogen-bond acceptors (Lipinski definition) is 1. The molecule has 1 N–H and O–H groups in total. The van der Waals surface area contributed by atoms with Crippen LogP contribution < -0.4 is 0 Å². The molecule has 1 aromatic carbocycles. The average Bonchev–Trinajstić information content (AvgIpc) is 2.13. The second kappa shape index (κ2) is 5.32. The number of alkyl halides is 2. The lowest BCUT2D eigenvalue weighted by atomic mass is 10.1. The number of aryl methyl sites for hydroxylation is 1. The topological polar surface area (TPSA) is 20.2 Å². The lowest BCUT2D eigenvalue weighted by Crippen LogP contribution is -1.93. The first-order valence-electron chi connectivity index (χ1n) is 3.96. The van der Waals surface area contributed by atoms with Gasteiger partial charge in [0, 0.05) is 0 Å². The Bertz CT molecular complexity index is 325. The minimum absolute atomic E-state index is 0.0197. The van der Waals surface area contributed by atoms with Gasteiger partial charge in [0.1, 0.15) is 15.6 Å². The maximum Gasteiger partial charge on any atom is 0.135 e. The molecule has 0 heterocycles. The molecule has 0 saturated heterocycles. The molecule has 0 aliphatic rings. The highest BCUT2D eigenvalue weighted by molar-refractivity contribution is 6.44. The normalized spacial score (nSPS) is 10.9. The Morgan fingerprint density at radius 2 is 1.79 bits per heavy atom. The molecule has 0 atom stereocenters. The molecule has 0 aliphatic heterocycles. The summed E-state index contributed by atoms with van der Waals surface area (Å²) < 4.78 is 0. The van der Waals surface area contributed by atoms with E-state index in [2.05, 4.69) is 0 Å². The van der Waals surface area contributed by atoms with Crippen molar-refractivity contribution in [3.63, 3.8) is 0 Å². The highest BCUT2D eigenvalue weighted by Crippen LogP contribution is 2.34. The van der Waals surface area contributed by atoms with Gasteiger partial charge < -0.3 is 5.11 Å². The molecule has 0 unspecified atom stereocenters. The van der Waals surface area contributed by atoms with Crippen LogP contribution in [0.15, 0.2) is 12.1 Å². The number of benzene rings is 1. The fourth-order valence-electron chi connectivity index (χ4n) is 1.04. The molecule has 0 spiro atoms. The van der Waals surface area contributed by atoms with Crippen molar-refractivity contribution in [1.29, 1.82) is 0 Å². The van der Waals surface area contributed by atoms with Gasteiger partial charge in [-0.1, -0.05) is 29.3 Å². The molecular formula is C9H8Cl4O. The molecular weight excluding hydrogens is 266 g/mol. The number of hydrogen-bond donors (Lipinski definition) is 1. The predicted octanol–water partition coefficient (Wildman–Crippen LogP) is 4.44. The second-order valence-electron chi connectivity index (χ2n) is 2.80. The standard InChI is InChI=1S/C9H8Cl4O/c10-7(11)4-2-5-1-3-6(14)9(13)8(5)12/h1,3,7,14H,2,4H2. The Morgan fingerprint density at radius 3 is 2.36 bits per heavy atom. The fourth-order valence-corrected chi connectivity index (χ4v) is 1.69. The van der Waals surface area contributed by atoms with Crippen LogP contribution in [-0.4, -0.2) is 9.94 Å². The van der Waals surface area contributed by atoms with E-state index < -0.39 is 4.84 Å². The average molecular weight is 274 g/mol. The van der Waals surface area contributed by atoms with Crippen LogP contribution >= 0.6 is 46.4 Å². The van der Waals surface area contributed by atoms with Crippen LogP contribution in [-0.2, 0) is 6.42 Å². The van der Waals surface area contributed by atoms with Crippen LogP contribution in [0.2, 0.25) is 10.0 Å². The van der Waals surface area contributed by atoms with Crippen molar-refractivity contribution in [3.05, 3.63) is 27.7 Å². The quantitative estimate of drug-likeness (QED) is 0.808. The number of halogens is 4. The number of phenolic OH excluding ortho intramolecular Hbond substituents is 1. The van der Waals surface area contributed by atoms with Crippen molar-refractivity contribution in [2.45, 2.75) is 17.7 Å². The Balaban J connectivity index is 2.83. The summed E-state index contributed by atoms with van der Waals surface area (Å²) in [6.07, 6.45) is 1.24. The Morgan fingerprint density at radius 1 is 1.14 bits per heavy atom. The summed E-state index contributed by atoms with van der Waals surface area (Å²) in [5, 5.41) is 9.77. The van der Waals surface area contributed by atoms with E-state index in [1.807, 2.05) is 0 Å². The molecule has 0 radical (unpaired) electrons. The van der Waals surface area contributed by atoms with Crippen LogP contribution in [0.4, 0.5) is 0 Å². The van der Waals surface area contributed by atoms with Crippen molar-refractivity contribution in [2.24, 2.45) is 0 Å². The SMILES string of the molecule is Oc1ccc(CCC(Cl)Cl)c(Cl)c1Cl. The lowest BCUT2D eigenvalue weighted by Gasteiger charge is -2.07. The summed E-state index contributed by atoms with van der Waals surface area (Å²) in [5.74, 6) is -0.0197. The summed E-state index contributed by atoms with van der Waals surface area (Å²) in [6, 6.07) is 3.21. The summed E-state index contributed by atoms with van der Waals surface area (Å²) in [5.41, 5.74) is 0.834. The molecule has 5 heteroatoms. The Kier molecular flexibility index (Phi) is 4.65. The molecule has 0 bridgehead atoms. The van der Waals surface area contributed by atoms with E-state index in [-0.39, 0.29) is 10.8 Å². The van der Waals surface area contributed by atoms with E-state index in [0.29, 0.717) is 17.9 Å². The van der Waals surface area contributed by atoms with Crippen molar-refractivity contribution in [1.82, 2.24) is 0 Å². The molecule has 1 aromatic rings. The summed E-state index contributed by atoms with van der Waals surface area (Å²) in [4.78, 5) is -0.418. The minimum Gasteiger partial charge on any atom is -0.506 e. The van der Waals surface area contributed by atoms with Gasteiger partial charge in [0.2, 0.25) is 0 Å². The van der Waals surface area contributed by atoms with Crippen molar-refractivity contribution in [3.8, 4) is 5.75 Å². The molecule has 0 fully saturated rings. The maximum absolute atomic E-state index is 9.23. The maximum atomic E-state index is 9.23. The zero-order chi connectivity index (χ0) is 10.7.